The van der Waals surface area contributed by atoms with Crippen LogP contribution in [0.15, 0.2) is 53.4 Å². The predicted molar refractivity (Wildman–Crippen MR) is 126 cm³/mol. The molecule has 1 amide bonds. The summed E-state index contributed by atoms with van der Waals surface area (Å²) in [5.41, 5.74) is 1.01. The Kier molecular flexibility index (Phi) is 8.19. The monoisotopic (exact) mass is 477 g/mol. The summed E-state index contributed by atoms with van der Waals surface area (Å²) < 4.78 is 37.6. The van der Waals surface area contributed by atoms with Crippen LogP contribution >= 0.6 is 12.2 Å². The van der Waals surface area contributed by atoms with E-state index in [-0.39, 0.29) is 15.9 Å². The molecule has 3 rings (SSSR count). The summed E-state index contributed by atoms with van der Waals surface area (Å²) in [4.78, 5) is 12.6. The summed E-state index contributed by atoms with van der Waals surface area (Å²) in [6.45, 7) is 6.18. The number of amides is 1. The average Bonchev–Trinajstić information content (AvgIpc) is 2.79. The highest BCUT2D eigenvalue weighted by Gasteiger charge is 2.26. The van der Waals surface area contributed by atoms with Gasteiger partial charge in [0, 0.05) is 24.3 Å². The van der Waals surface area contributed by atoms with Crippen LogP contribution in [0.3, 0.4) is 0 Å². The van der Waals surface area contributed by atoms with Crippen LogP contribution in [0.5, 0.6) is 5.75 Å². The normalized spacial score (nSPS) is 14.7. The predicted octanol–water partition coefficient (Wildman–Crippen LogP) is 2.87. The highest BCUT2D eigenvalue weighted by molar-refractivity contribution is 7.89. The molecule has 32 heavy (non-hydrogen) atoms. The van der Waals surface area contributed by atoms with Crippen LogP contribution in [0.1, 0.15) is 24.2 Å². The zero-order valence-corrected chi connectivity index (χ0v) is 19.7. The maximum absolute atomic E-state index is 12.7. The van der Waals surface area contributed by atoms with Crippen molar-refractivity contribution in [1.29, 1.82) is 0 Å². The Labute approximate surface area is 193 Å². The molecule has 2 aromatic rings. The van der Waals surface area contributed by atoms with Crippen LogP contribution in [-0.4, -0.2) is 56.7 Å². The molecule has 0 saturated carbocycles. The smallest absolute Gasteiger partial charge is 0.257 e. The number of carbonyl (C=O) groups is 1. The van der Waals surface area contributed by atoms with E-state index in [2.05, 4.69) is 24.5 Å². The Balaban J connectivity index is 1.55. The zero-order valence-electron chi connectivity index (χ0n) is 18.0. The first-order valence-electron chi connectivity index (χ1n) is 10.3. The maximum Gasteiger partial charge on any atom is 0.257 e. The van der Waals surface area contributed by atoms with E-state index < -0.39 is 10.0 Å². The summed E-state index contributed by atoms with van der Waals surface area (Å²) in [6, 6.07) is 13.0. The highest BCUT2D eigenvalue weighted by Crippen LogP contribution is 2.19. The van der Waals surface area contributed by atoms with E-state index in [4.69, 9.17) is 21.7 Å². The van der Waals surface area contributed by atoms with E-state index in [0.29, 0.717) is 55.8 Å². The molecule has 0 spiro atoms. The third-order valence-electron chi connectivity index (χ3n) is 4.65. The molecule has 2 aromatic carbocycles. The van der Waals surface area contributed by atoms with Crippen LogP contribution in [-0.2, 0) is 14.8 Å². The van der Waals surface area contributed by atoms with Gasteiger partial charge in [-0.05, 0) is 66.7 Å². The van der Waals surface area contributed by atoms with E-state index >= 15 is 0 Å². The van der Waals surface area contributed by atoms with Crippen molar-refractivity contribution in [2.75, 3.05) is 38.2 Å². The van der Waals surface area contributed by atoms with Gasteiger partial charge < -0.3 is 14.8 Å². The van der Waals surface area contributed by atoms with Crippen LogP contribution < -0.4 is 15.4 Å². The molecule has 10 heteroatoms. The molecule has 1 fully saturated rings. The second kappa shape index (κ2) is 10.9. The van der Waals surface area contributed by atoms with Crippen molar-refractivity contribution in [3.63, 3.8) is 0 Å². The lowest BCUT2D eigenvalue weighted by atomic mass is 10.2. The summed E-state index contributed by atoms with van der Waals surface area (Å²) in [7, 11) is -3.56. The van der Waals surface area contributed by atoms with Gasteiger partial charge >= 0.3 is 0 Å². The SMILES string of the molecule is CC(C)COc1ccc(C(=O)NC(=S)Nc2ccc(S(=O)(=O)N3CCOCC3)cc2)cc1. The number of nitrogens with zero attached hydrogens (tertiary/aromatic N) is 1. The fraction of sp³-hybridized carbons (Fsp3) is 0.364. The number of benzene rings is 2. The van der Waals surface area contributed by atoms with Crippen molar-refractivity contribution in [2.24, 2.45) is 5.92 Å². The second-order valence-electron chi connectivity index (χ2n) is 7.68. The fourth-order valence-electron chi connectivity index (χ4n) is 2.95. The molecular weight excluding hydrogens is 450 g/mol. The van der Waals surface area contributed by atoms with Gasteiger partial charge in [0.25, 0.3) is 5.91 Å². The molecule has 2 N–H and O–H groups in total. The minimum absolute atomic E-state index is 0.110. The lowest BCUT2D eigenvalue weighted by Gasteiger charge is -2.26. The topological polar surface area (TPSA) is 97.0 Å². The molecule has 1 aliphatic heterocycles. The van der Waals surface area contributed by atoms with Gasteiger partial charge in [-0.25, -0.2) is 8.42 Å². The van der Waals surface area contributed by atoms with Crippen LogP contribution in [0.4, 0.5) is 5.69 Å². The van der Waals surface area contributed by atoms with Crippen molar-refractivity contribution >= 4 is 38.9 Å². The first-order valence-corrected chi connectivity index (χ1v) is 12.1. The number of hydrogen-bond acceptors (Lipinski definition) is 6. The Morgan fingerprint density at radius 1 is 1.09 bits per heavy atom. The molecule has 1 saturated heterocycles. The summed E-state index contributed by atoms with van der Waals surface area (Å²) >= 11 is 5.21. The number of sulfonamides is 1. The van der Waals surface area contributed by atoms with Gasteiger partial charge in [0.1, 0.15) is 5.75 Å². The molecule has 172 valence electrons. The highest BCUT2D eigenvalue weighted by atomic mass is 32.2. The van der Waals surface area contributed by atoms with Crippen LogP contribution in [0.25, 0.3) is 0 Å². The molecule has 0 aromatic heterocycles. The molecule has 0 aliphatic carbocycles. The summed E-state index contributed by atoms with van der Waals surface area (Å²) in [5.74, 6) is 0.752. The largest absolute Gasteiger partial charge is 0.493 e. The number of ether oxygens (including phenoxy) is 2. The second-order valence-corrected chi connectivity index (χ2v) is 10.0. The fourth-order valence-corrected chi connectivity index (χ4v) is 4.57. The molecule has 1 heterocycles. The Morgan fingerprint density at radius 2 is 1.72 bits per heavy atom. The number of morpholine rings is 1. The molecule has 0 unspecified atom stereocenters. The lowest BCUT2D eigenvalue weighted by molar-refractivity contribution is 0.0730. The number of nitrogens with one attached hydrogen (secondary N) is 2. The van der Waals surface area contributed by atoms with Crippen LogP contribution in [0.2, 0.25) is 0 Å². The summed E-state index contributed by atoms with van der Waals surface area (Å²) in [6.07, 6.45) is 0. The molecule has 0 atom stereocenters. The van der Waals surface area contributed by atoms with E-state index in [1.807, 2.05) is 0 Å². The third kappa shape index (κ3) is 6.49. The maximum atomic E-state index is 12.7. The number of hydrogen-bond donors (Lipinski definition) is 2. The number of carbonyl (C=O) groups excluding carboxylic acids is 1. The van der Waals surface area contributed by atoms with E-state index in [0.717, 1.165) is 0 Å². The Morgan fingerprint density at radius 3 is 2.31 bits per heavy atom. The van der Waals surface area contributed by atoms with Gasteiger partial charge in [-0.15, -0.1) is 0 Å². The van der Waals surface area contributed by atoms with E-state index in [9.17, 15) is 13.2 Å². The number of thiocarbonyl (C=S) groups is 1. The number of anilines is 1. The minimum atomic E-state index is -3.56. The third-order valence-corrected chi connectivity index (χ3v) is 6.76. The van der Waals surface area contributed by atoms with Crippen LogP contribution in [0, 0.1) is 5.92 Å². The van der Waals surface area contributed by atoms with Crippen molar-refractivity contribution < 1.29 is 22.7 Å². The first kappa shape index (κ1) is 24.1. The molecule has 0 radical (unpaired) electrons. The van der Waals surface area contributed by atoms with Gasteiger partial charge in [-0.2, -0.15) is 4.31 Å². The minimum Gasteiger partial charge on any atom is -0.493 e. The van der Waals surface area contributed by atoms with E-state index in [1.165, 1.54) is 16.4 Å². The van der Waals surface area contributed by atoms with Gasteiger partial charge in [-0.1, -0.05) is 13.8 Å². The van der Waals surface area contributed by atoms with Gasteiger partial charge in [0.05, 0.1) is 24.7 Å². The van der Waals surface area contributed by atoms with Crippen molar-refractivity contribution in [2.45, 2.75) is 18.7 Å². The average molecular weight is 478 g/mol. The number of rotatable bonds is 7. The first-order chi connectivity index (χ1) is 15.3. The molecular formula is C22H27N3O5S2. The van der Waals surface area contributed by atoms with E-state index in [1.54, 1.807) is 36.4 Å². The van der Waals surface area contributed by atoms with Gasteiger partial charge in [0.2, 0.25) is 10.0 Å². The van der Waals surface area contributed by atoms with Crippen molar-refractivity contribution in [3.05, 3.63) is 54.1 Å². The standard InChI is InChI=1S/C22H27N3O5S2/c1-16(2)15-30-19-7-3-17(4-8-19)21(26)24-22(31)23-18-5-9-20(10-6-18)32(27,28)25-11-13-29-14-12-25/h3-10,16H,11-15H2,1-2H3,(H2,23,24,26,31). The molecule has 1 aliphatic rings. The quantitative estimate of drug-likeness (QED) is 0.592. The van der Waals surface area contributed by atoms with Crippen molar-refractivity contribution in [1.82, 2.24) is 9.62 Å². The summed E-state index contributed by atoms with van der Waals surface area (Å²) in [5, 5.41) is 5.61. The van der Waals surface area contributed by atoms with Gasteiger partial charge in [-0.3, -0.25) is 10.1 Å². The molecule has 8 nitrogen and oxygen atoms in total. The lowest BCUT2D eigenvalue weighted by Crippen LogP contribution is -2.40. The Hall–Kier alpha value is -2.53. The zero-order chi connectivity index (χ0) is 23.1. The molecule has 0 bridgehead atoms. The Bertz CT molecular complexity index is 1030. The van der Waals surface area contributed by atoms with Crippen molar-refractivity contribution in [3.8, 4) is 5.75 Å². The van der Waals surface area contributed by atoms with Gasteiger partial charge in [0.15, 0.2) is 5.11 Å².